The Hall–Kier alpha value is -1.06. The lowest BCUT2D eigenvalue weighted by atomic mass is 9.96. The van der Waals surface area contributed by atoms with E-state index in [2.05, 4.69) is 11.4 Å². The quantitative estimate of drug-likeness (QED) is 0.770. The summed E-state index contributed by atoms with van der Waals surface area (Å²) >= 11 is 0. The number of aliphatic hydroxyl groups excluding tert-OH is 1. The number of aliphatic hydroxyl groups is 1. The van der Waals surface area contributed by atoms with E-state index in [0.29, 0.717) is 0 Å². The molecule has 0 aromatic heterocycles. The SMILES string of the molecule is COc1cc2c(cc1C(C)O)CNCC2. The second-order valence-corrected chi connectivity index (χ2v) is 3.97. The highest BCUT2D eigenvalue weighted by atomic mass is 16.5. The van der Waals surface area contributed by atoms with Crippen molar-refractivity contribution in [2.24, 2.45) is 0 Å². The third-order valence-electron chi connectivity index (χ3n) is 2.89. The molecule has 0 saturated carbocycles. The highest BCUT2D eigenvalue weighted by Crippen LogP contribution is 2.29. The fourth-order valence-electron chi connectivity index (χ4n) is 2.03. The Morgan fingerprint density at radius 3 is 2.87 bits per heavy atom. The van der Waals surface area contributed by atoms with Crippen LogP contribution in [0.1, 0.15) is 29.7 Å². The summed E-state index contributed by atoms with van der Waals surface area (Å²) in [5.74, 6) is 0.797. The van der Waals surface area contributed by atoms with Crippen molar-refractivity contribution in [3.63, 3.8) is 0 Å². The predicted molar refractivity (Wildman–Crippen MR) is 59.0 cm³/mol. The van der Waals surface area contributed by atoms with Gasteiger partial charge in [0.2, 0.25) is 0 Å². The molecule has 1 aromatic rings. The average Bonchev–Trinajstić information content (AvgIpc) is 2.27. The van der Waals surface area contributed by atoms with E-state index in [0.717, 1.165) is 30.8 Å². The van der Waals surface area contributed by atoms with E-state index in [1.54, 1.807) is 14.0 Å². The van der Waals surface area contributed by atoms with E-state index in [-0.39, 0.29) is 0 Å². The number of methoxy groups -OCH3 is 1. The monoisotopic (exact) mass is 207 g/mol. The van der Waals surface area contributed by atoms with Crippen LogP contribution in [0.5, 0.6) is 5.75 Å². The lowest BCUT2D eigenvalue weighted by Crippen LogP contribution is -2.24. The second-order valence-electron chi connectivity index (χ2n) is 3.97. The zero-order valence-electron chi connectivity index (χ0n) is 9.21. The molecule has 0 spiro atoms. The topological polar surface area (TPSA) is 41.5 Å². The lowest BCUT2D eigenvalue weighted by Gasteiger charge is -2.21. The molecule has 0 amide bonds. The van der Waals surface area contributed by atoms with Gasteiger partial charge in [0.1, 0.15) is 5.75 Å². The van der Waals surface area contributed by atoms with Crippen molar-refractivity contribution < 1.29 is 9.84 Å². The molecule has 15 heavy (non-hydrogen) atoms. The van der Waals surface area contributed by atoms with E-state index in [1.165, 1.54) is 11.1 Å². The van der Waals surface area contributed by atoms with Gasteiger partial charge in [-0.2, -0.15) is 0 Å². The van der Waals surface area contributed by atoms with Crippen LogP contribution in [0.2, 0.25) is 0 Å². The van der Waals surface area contributed by atoms with Crippen molar-refractivity contribution in [2.75, 3.05) is 13.7 Å². The Balaban J connectivity index is 2.46. The van der Waals surface area contributed by atoms with Crippen LogP contribution in [0.4, 0.5) is 0 Å². The highest BCUT2D eigenvalue weighted by molar-refractivity contribution is 5.44. The van der Waals surface area contributed by atoms with Gasteiger partial charge >= 0.3 is 0 Å². The van der Waals surface area contributed by atoms with Crippen molar-refractivity contribution >= 4 is 0 Å². The first kappa shape index (κ1) is 10.5. The molecule has 1 aliphatic heterocycles. The van der Waals surface area contributed by atoms with Crippen molar-refractivity contribution in [1.29, 1.82) is 0 Å². The smallest absolute Gasteiger partial charge is 0.124 e. The molecule has 0 radical (unpaired) electrons. The third kappa shape index (κ3) is 1.98. The van der Waals surface area contributed by atoms with Crippen molar-refractivity contribution in [3.8, 4) is 5.75 Å². The zero-order chi connectivity index (χ0) is 10.8. The molecule has 2 rings (SSSR count). The number of hydrogen-bond acceptors (Lipinski definition) is 3. The second kappa shape index (κ2) is 4.21. The maximum absolute atomic E-state index is 9.64. The van der Waals surface area contributed by atoms with Gasteiger partial charge in [-0.1, -0.05) is 0 Å². The lowest BCUT2D eigenvalue weighted by molar-refractivity contribution is 0.194. The van der Waals surface area contributed by atoms with Crippen LogP contribution in [-0.2, 0) is 13.0 Å². The van der Waals surface area contributed by atoms with Gasteiger partial charge in [-0.3, -0.25) is 0 Å². The minimum Gasteiger partial charge on any atom is -0.496 e. The van der Waals surface area contributed by atoms with Crippen LogP contribution in [0.25, 0.3) is 0 Å². The molecule has 0 aliphatic carbocycles. The molecule has 3 nitrogen and oxygen atoms in total. The fraction of sp³-hybridized carbons (Fsp3) is 0.500. The summed E-state index contributed by atoms with van der Waals surface area (Å²) in [6, 6.07) is 4.10. The van der Waals surface area contributed by atoms with E-state index in [1.807, 2.05) is 6.07 Å². The maximum Gasteiger partial charge on any atom is 0.124 e. The largest absolute Gasteiger partial charge is 0.496 e. The number of hydrogen-bond donors (Lipinski definition) is 2. The predicted octanol–water partition coefficient (Wildman–Crippen LogP) is 1.39. The Labute approximate surface area is 90.1 Å². The van der Waals surface area contributed by atoms with Gasteiger partial charge in [-0.25, -0.2) is 0 Å². The number of nitrogens with one attached hydrogen (secondary N) is 1. The number of ether oxygens (including phenoxy) is 1. The first-order valence-corrected chi connectivity index (χ1v) is 5.31. The zero-order valence-corrected chi connectivity index (χ0v) is 9.21. The molecule has 82 valence electrons. The van der Waals surface area contributed by atoms with Gasteiger partial charge in [0.15, 0.2) is 0 Å². The van der Waals surface area contributed by atoms with Crippen LogP contribution < -0.4 is 10.1 Å². The van der Waals surface area contributed by atoms with E-state index < -0.39 is 6.10 Å². The standard InChI is InChI=1S/C12H17NO2/c1-8(14)11-5-10-7-13-4-3-9(10)6-12(11)15-2/h5-6,8,13-14H,3-4,7H2,1-2H3. The molecule has 1 unspecified atom stereocenters. The van der Waals surface area contributed by atoms with E-state index in [4.69, 9.17) is 4.74 Å². The number of benzene rings is 1. The minimum absolute atomic E-state index is 0.479. The van der Waals surface area contributed by atoms with Crippen molar-refractivity contribution in [2.45, 2.75) is 26.0 Å². The summed E-state index contributed by atoms with van der Waals surface area (Å²) < 4.78 is 5.29. The van der Waals surface area contributed by atoms with E-state index >= 15 is 0 Å². The minimum atomic E-state index is -0.479. The molecule has 1 aliphatic rings. The van der Waals surface area contributed by atoms with Crippen molar-refractivity contribution in [1.82, 2.24) is 5.32 Å². The Bertz CT molecular complexity index is 361. The molecular formula is C12H17NO2. The van der Waals surface area contributed by atoms with Gasteiger partial charge < -0.3 is 15.2 Å². The fourth-order valence-corrected chi connectivity index (χ4v) is 2.03. The normalized spacial score (nSPS) is 17.0. The summed E-state index contributed by atoms with van der Waals surface area (Å²) in [6.07, 6.45) is 0.554. The van der Waals surface area contributed by atoms with Gasteiger partial charge in [0, 0.05) is 12.1 Å². The Morgan fingerprint density at radius 1 is 1.40 bits per heavy atom. The van der Waals surface area contributed by atoms with Gasteiger partial charge in [0.05, 0.1) is 13.2 Å². The first-order valence-electron chi connectivity index (χ1n) is 5.31. The van der Waals surface area contributed by atoms with Crippen LogP contribution in [0, 0.1) is 0 Å². The average molecular weight is 207 g/mol. The van der Waals surface area contributed by atoms with Gasteiger partial charge in [0.25, 0.3) is 0 Å². The van der Waals surface area contributed by atoms with Crippen LogP contribution in [0.15, 0.2) is 12.1 Å². The van der Waals surface area contributed by atoms with Crippen LogP contribution >= 0.6 is 0 Å². The van der Waals surface area contributed by atoms with Crippen LogP contribution in [0.3, 0.4) is 0 Å². The Kier molecular flexibility index (Phi) is 2.93. The Morgan fingerprint density at radius 2 is 2.20 bits per heavy atom. The van der Waals surface area contributed by atoms with Gasteiger partial charge in [-0.05, 0) is 43.1 Å². The van der Waals surface area contributed by atoms with E-state index in [9.17, 15) is 5.11 Å². The maximum atomic E-state index is 9.64. The number of rotatable bonds is 2. The van der Waals surface area contributed by atoms with Crippen molar-refractivity contribution in [3.05, 3.63) is 28.8 Å². The molecule has 1 atom stereocenters. The van der Waals surface area contributed by atoms with Gasteiger partial charge in [-0.15, -0.1) is 0 Å². The summed E-state index contributed by atoms with van der Waals surface area (Å²) in [6.45, 7) is 3.67. The number of fused-ring (bicyclic) bond motifs is 1. The third-order valence-corrected chi connectivity index (χ3v) is 2.89. The van der Waals surface area contributed by atoms with Crippen LogP contribution in [-0.4, -0.2) is 18.8 Å². The molecule has 1 heterocycles. The summed E-state index contributed by atoms with van der Waals surface area (Å²) in [4.78, 5) is 0. The highest BCUT2D eigenvalue weighted by Gasteiger charge is 2.15. The summed E-state index contributed by atoms with van der Waals surface area (Å²) in [5.41, 5.74) is 3.48. The molecule has 3 heteroatoms. The summed E-state index contributed by atoms with van der Waals surface area (Å²) in [5, 5.41) is 13.0. The molecule has 0 saturated heterocycles. The molecule has 2 N–H and O–H groups in total. The first-order chi connectivity index (χ1) is 7.22. The molecule has 1 aromatic carbocycles. The molecule has 0 bridgehead atoms. The molecular weight excluding hydrogens is 190 g/mol. The molecule has 0 fully saturated rings. The summed E-state index contributed by atoms with van der Waals surface area (Å²) in [7, 11) is 1.65.